The second-order valence-electron chi connectivity index (χ2n) is 3.18. The number of rotatable bonds is 3. The maximum atomic E-state index is 11.1. The van der Waals surface area contributed by atoms with Crippen molar-refractivity contribution in [2.75, 3.05) is 7.11 Å². The Kier molecular flexibility index (Phi) is 3.46. The van der Waals surface area contributed by atoms with E-state index in [2.05, 4.69) is 0 Å². The van der Waals surface area contributed by atoms with E-state index in [9.17, 15) is 4.79 Å². The summed E-state index contributed by atoms with van der Waals surface area (Å²) in [7, 11) is 1.50. The molecule has 1 aromatic rings. The van der Waals surface area contributed by atoms with Gasteiger partial charge < -0.3 is 4.74 Å². The Labute approximate surface area is 84.2 Å². The molecule has 0 spiro atoms. The van der Waals surface area contributed by atoms with E-state index in [4.69, 9.17) is 4.74 Å². The molecule has 0 fully saturated rings. The topological polar surface area (TPSA) is 26.3 Å². The van der Waals surface area contributed by atoms with E-state index in [0.717, 1.165) is 11.1 Å². The van der Waals surface area contributed by atoms with Crippen LogP contribution >= 0.6 is 0 Å². The molecule has 1 aromatic carbocycles. The standard InChI is InChI=1S/C12H14O2/c1-9-5-4-6-11(7-9)8-12(14-3)10(2)13/h4-8H,1-3H3/b12-8-. The molecule has 0 radical (unpaired) electrons. The van der Waals surface area contributed by atoms with Crippen LogP contribution in [0, 0.1) is 6.92 Å². The molecule has 1 rings (SSSR count). The zero-order chi connectivity index (χ0) is 10.6. The third kappa shape index (κ3) is 2.73. The summed E-state index contributed by atoms with van der Waals surface area (Å²) in [5, 5.41) is 0. The average Bonchev–Trinajstić information content (AvgIpc) is 2.14. The van der Waals surface area contributed by atoms with E-state index in [0.29, 0.717) is 5.76 Å². The Bertz CT molecular complexity index is 364. The molecule has 0 heterocycles. The first-order valence-electron chi connectivity index (χ1n) is 4.47. The van der Waals surface area contributed by atoms with Gasteiger partial charge in [-0.1, -0.05) is 29.8 Å². The van der Waals surface area contributed by atoms with Crippen LogP contribution in [0.2, 0.25) is 0 Å². The van der Waals surface area contributed by atoms with Crippen LogP contribution in [0.3, 0.4) is 0 Å². The van der Waals surface area contributed by atoms with Crippen LogP contribution in [0.4, 0.5) is 0 Å². The zero-order valence-corrected chi connectivity index (χ0v) is 8.70. The maximum Gasteiger partial charge on any atom is 0.194 e. The first-order chi connectivity index (χ1) is 6.63. The normalized spacial score (nSPS) is 11.2. The number of ether oxygens (including phenoxy) is 1. The zero-order valence-electron chi connectivity index (χ0n) is 8.70. The molecule has 2 nitrogen and oxygen atoms in total. The van der Waals surface area contributed by atoms with E-state index >= 15 is 0 Å². The van der Waals surface area contributed by atoms with Crippen molar-refractivity contribution >= 4 is 11.9 Å². The summed E-state index contributed by atoms with van der Waals surface area (Å²) in [5.41, 5.74) is 2.15. The number of hydrogen-bond donors (Lipinski definition) is 0. The molecule has 74 valence electrons. The van der Waals surface area contributed by atoms with Crippen LogP contribution in [-0.2, 0) is 9.53 Å². The number of carbonyl (C=O) groups excluding carboxylic acids is 1. The molecule has 0 unspecified atom stereocenters. The Morgan fingerprint density at radius 2 is 2.14 bits per heavy atom. The molecule has 0 aliphatic heterocycles. The molecule has 0 saturated heterocycles. The number of allylic oxidation sites excluding steroid dienone is 1. The highest BCUT2D eigenvalue weighted by Crippen LogP contribution is 2.10. The van der Waals surface area contributed by atoms with Crippen LogP contribution in [0.1, 0.15) is 18.1 Å². The van der Waals surface area contributed by atoms with Crippen molar-refractivity contribution in [1.82, 2.24) is 0 Å². The molecular weight excluding hydrogens is 176 g/mol. The lowest BCUT2D eigenvalue weighted by molar-refractivity contribution is -0.116. The highest BCUT2D eigenvalue weighted by molar-refractivity contribution is 5.95. The third-order valence-corrected chi connectivity index (χ3v) is 1.91. The van der Waals surface area contributed by atoms with Crippen LogP contribution in [-0.4, -0.2) is 12.9 Å². The fourth-order valence-electron chi connectivity index (χ4n) is 1.22. The highest BCUT2D eigenvalue weighted by Gasteiger charge is 2.02. The molecule has 0 N–H and O–H groups in total. The van der Waals surface area contributed by atoms with E-state index in [1.807, 2.05) is 31.2 Å². The van der Waals surface area contributed by atoms with Crippen LogP contribution in [0.5, 0.6) is 0 Å². The maximum absolute atomic E-state index is 11.1. The Balaban J connectivity index is 3.00. The number of benzene rings is 1. The van der Waals surface area contributed by atoms with Gasteiger partial charge in [0.15, 0.2) is 11.5 Å². The minimum atomic E-state index is -0.0611. The lowest BCUT2D eigenvalue weighted by Crippen LogP contribution is -1.98. The molecule has 0 aliphatic carbocycles. The van der Waals surface area contributed by atoms with Gasteiger partial charge >= 0.3 is 0 Å². The number of ketones is 1. The van der Waals surface area contributed by atoms with Crippen molar-refractivity contribution in [3.05, 3.63) is 41.2 Å². The number of hydrogen-bond acceptors (Lipinski definition) is 2. The molecule has 0 amide bonds. The first-order valence-corrected chi connectivity index (χ1v) is 4.47. The number of aryl methyl sites for hydroxylation is 1. The quantitative estimate of drug-likeness (QED) is 0.541. The van der Waals surface area contributed by atoms with Gasteiger partial charge in [0.1, 0.15) is 0 Å². The largest absolute Gasteiger partial charge is 0.493 e. The molecule has 0 aromatic heterocycles. The molecule has 0 bridgehead atoms. The Morgan fingerprint density at radius 1 is 1.43 bits per heavy atom. The average molecular weight is 190 g/mol. The second-order valence-corrected chi connectivity index (χ2v) is 3.18. The number of Topliss-reactive ketones (excluding diaryl/α,β-unsaturated/α-hetero) is 1. The van der Waals surface area contributed by atoms with Crippen molar-refractivity contribution in [1.29, 1.82) is 0 Å². The summed E-state index contributed by atoms with van der Waals surface area (Å²) in [4.78, 5) is 11.1. The summed E-state index contributed by atoms with van der Waals surface area (Å²) in [5.74, 6) is 0.324. The summed E-state index contributed by atoms with van der Waals surface area (Å²) >= 11 is 0. The number of methoxy groups -OCH3 is 1. The lowest BCUT2D eigenvalue weighted by atomic mass is 10.1. The van der Waals surface area contributed by atoms with E-state index < -0.39 is 0 Å². The van der Waals surface area contributed by atoms with E-state index in [1.54, 1.807) is 6.08 Å². The van der Waals surface area contributed by atoms with Gasteiger partial charge in [0.25, 0.3) is 0 Å². The fraction of sp³-hybridized carbons (Fsp3) is 0.250. The summed E-state index contributed by atoms with van der Waals surface area (Å²) in [6, 6.07) is 7.91. The molecule has 0 saturated carbocycles. The minimum Gasteiger partial charge on any atom is -0.493 e. The van der Waals surface area contributed by atoms with E-state index in [1.165, 1.54) is 14.0 Å². The highest BCUT2D eigenvalue weighted by atomic mass is 16.5. The van der Waals surface area contributed by atoms with Crippen LogP contribution in [0.15, 0.2) is 30.0 Å². The predicted molar refractivity (Wildman–Crippen MR) is 56.8 cm³/mol. The monoisotopic (exact) mass is 190 g/mol. The predicted octanol–water partition coefficient (Wildman–Crippen LogP) is 2.57. The van der Waals surface area contributed by atoms with Crippen molar-refractivity contribution in [3.63, 3.8) is 0 Å². The smallest absolute Gasteiger partial charge is 0.194 e. The van der Waals surface area contributed by atoms with Gasteiger partial charge in [-0.05, 0) is 18.6 Å². The molecule has 2 heteroatoms. The molecule has 14 heavy (non-hydrogen) atoms. The van der Waals surface area contributed by atoms with Gasteiger partial charge in [-0.3, -0.25) is 4.79 Å². The van der Waals surface area contributed by atoms with Gasteiger partial charge in [0, 0.05) is 6.92 Å². The van der Waals surface area contributed by atoms with Gasteiger partial charge in [-0.25, -0.2) is 0 Å². The number of carbonyl (C=O) groups is 1. The SMILES string of the molecule is CO/C(=C\c1cccc(C)c1)C(C)=O. The molecular formula is C12H14O2. The molecule has 0 atom stereocenters. The molecule has 0 aliphatic rings. The summed E-state index contributed by atoms with van der Waals surface area (Å²) < 4.78 is 4.97. The summed E-state index contributed by atoms with van der Waals surface area (Å²) in [6.07, 6.45) is 1.75. The summed E-state index contributed by atoms with van der Waals surface area (Å²) in [6.45, 7) is 3.50. The van der Waals surface area contributed by atoms with Crippen LogP contribution in [0.25, 0.3) is 6.08 Å². The van der Waals surface area contributed by atoms with Crippen molar-refractivity contribution in [2.45, 2.75) is 13.8 Å². The van der Waals surface area contributed by atoms with Gasteiger partial charge in [-0.2, -0.15) is 0 Å². The van der Waals surface area contributed by atoms with Gasteiger partial charge in [-0.15, -0.1) is 0 Å². The van der Waals surface area contributed by atoms with Gasteiger partial charge in [0.05, 0.1) is 7.11 Å². The van der Waals surface area contributed by atoms with Crippen molar-refractivity contribution < 1.29 is 9.53 Å². The Morgan fingerprint density at radius 3 is 2.64 bits per heavy atom. The fourth-order valence-corrected chi connectivity index (χ4v) is 1.22. The van der Waals surface area contributed by atoms with Gasteiger partial charge in [0.2, 0.25) is 0 Å². The second kappa shape index (κ2) is 4.61. The lowest BCUT2D eigenvalue weighted by Gasteiger charge is -2.02. The Hall–Kier alpha value is -1.57. The van der Waals surface area contributed by atoms with E-state index in [-0.39, 0.29) is 5.78 Å². The van der Waals surface area contributed by atoms with Crippen LogP contribution < -0.4 is 0 Å². The third-order valence-electron chi connectivity index (χ3n) is 1.91. The minimum absolute atomic E-state index is 0.0611. The first kappa shape index (κ1) is 10.5. The van der Waals surface area contributed by atoms with Crippen molar-refractivity contribution in [3.8, 4) is 0 Å². The van der Waals surface area contributed by atoms with Crippen molar-refractivity contribution in [2.24, 2.45) is 0 Å².